The summed E-state index contributed by atoms with van der Waals surface area (Å²) in [5.41, 5.74) is -1.51. The van der Waals surface area contributed by atoms with Gasteiger partial charge in [0.05, 0.1) is 12.4 Å². The molecule has 0 saturated carbocycles. The van der Waals surface area contributed by atoms with E-state index in [0.29, 0.717) is 12.4 Å². The highest BCUT2D eigenvalue weighted by molar-refractivity contribution is 7.99. The van der Waals surface area contributed by atoms with E-state index in [2.05, 4.69) is 11.3 Å². The van der Waals surface area contributed by atoms with Crippen molar-refractivity contribution < 1.29 is 27.4 Å². The fraction of sp³-hybridized carbons (Fsp3) is 0.667. The summed E-state index contributed by atoms with van der Waals surface area (Å²) in [5.74, 6) is -0.287. The molecule has 0 radical (unpaired) electrons. The Labute approximate surface area is 95.0 Å². The molecule has 1 heterocycles. The zero-order valence-corrected chi connectivity index (χ0v) is 9.20. The maximum absolute atomic E-state index is 12.1. The minimum absolute atomic E-state index is 0.344. The standard InChI is InChI=1S/C9H11F3O3S/c1-6(9(10,11)12)8(13)15-7-5-16-4-2-3-14-7/h7H,1-5H2. The van der Waals surface area contributed by atoms with Crippen LogP contribution in [0.15, 0.2) is 12.2 Å². The highest BCUT2D eigenvalue weighted by Crippen LogP contribution is 2.26. The van der Waals surface area contributed by atoms with Crippen LogP contribution >= 0.6 is 11.8 Å². The summed E-state index contributed by atoms with van der Waals surface area (Å²) < 4.78 is 45.9. The summed E-state index contributed by atoms with van der Waals surface area (Å²) in [4.78, 5) is 11.0. The van der Waals surface area contributed by atoms with Crippen molar-refractivity contribution in [3.05, 3.63) is 12.2 Å². The molecule has 1 rings (SSSR count). The highest BCUT2D eigenvalue weighted by atomic mass is 32.2. The van der Waals surface area contributed by atoms with Gasteiger partial charge in [0.2, 0.25) is 6.29 Å². The lowest BCUT2D eigenvalue weighted by molar-refractivity contribution is -0.176. The van der Waals surface area contributed by atoms with Gasteiger partial charge < -0.3 is 9.47 Å². The van der Waals surface area contributed by atoms with Crippen molar-refractivity contribution in [3.8, 4) is 0 Å². The van der Waals surface area contributed by atoms with Gasteiger partial charge >= 0.3 is 12.1 Å². The summed E-state index contributed by atoms with van der Waals surface area (Å²) >= 11 is 1.47. The number of hydrogen-bond donors (Lipinski definition) is 0. The van der Waals surface area contributed by atoms with Crippen LogP contribution in [0.2, 0.25) is 0 Å². The van der Waals surface area contributed by atoms with E-state index in [1.54, 1.807) is 0 Å². The van der Waals surface area contributed by atoms with Gasteiger partial charge in [0.25, 0.3) is 0 Å². The number of carbonyl (C=O) groups excluding carboxylic acids is 1. The highest BCUT2D eigenvalue weighted by Gasteiger charge is 2.39. The second kappa shape index (κ2) is 5.58. The second-order valence-corrected chi connectivity index (χ2v) is 4.26. The Bertz CT molecular complexity index is 270. The maximum Gasteiger partial charge on any atom is 0.422 e. The lowest BCUT2D eigenvalue weighted by Gasteiger charge is -2.16. The first-order valence-electron chi connectivity index (χ1n) is 4.57. The van der Waals surface area contributed by atoms with Crippen LogP contribution in [-0.2, 0) is 14.3 Å². The Morgan fingerprint density at radius 1 is 1.50 bits per heavy atom. The fourth-order valence-corrected chi connectivity index (χ4v) is 1.82. The summed E-state index contributed by atoms with van der Waals surface area (Å²) in [6.45, 7) is 3.03. The van der Waals surface area contributed by atoms with Crippen molar-refractivity contribution in [2.45, 2.75) is 18.9 Å². The largest absolute Gasteiger partial charge is 0.431 e. The van der Waals surface area contributed by atoms with Crippen molar-refractivity contribution >= 4 is 17.7 Å². The Hall–Kier alpha value is -0.690. The average molecular weight is 256 g/mol. The van der Waals surface area contributed by atoms with E-state index in [-0.39, 0.29) is 0 Å². The second-order valence-electron chi connectivity index (χ2n) is 3.11. The van der Waals surface area contributed by atoms with Gasteiger partial charge in [-0.1, -0.05) is 6.58 Å². The summed E-state index contributed by atoms with van der Waals surface area (Å²) in [6.07, 6.45) is -4.88. The molecule has 1 fully saturated rings. The van der Waals surface area contributed by atoms with Crippen LogP contribution in [0.4, 0.5) is 13.2 Å². The molecule has 0 aromatic rings. The van der Waals surface area contributed by atoms with Gasteiger partial charge in [0.15, 0.2) is 0 Å². The van der Waals surface area contributed by atoms with Crippen molar-refractivity contribution in [1.82, 2.24) is 0 Å². The summed E-state index contributed by atoms with van der Waals surface area (Å²) in [7, 11) is 0. The van der Waals surface area contributed by atoms with Crippen molar-refractivity contribution in [2.75, 3.05) is 18.1 Å². The molecule has 1 saturated heterocycles. The number of thioether (sulfide) groups is 1. The minimum atomic E-state index is -4.76. The number of halogens is 3. The average Bonchev–Trinajstić information content (AvgIpc) is 2.43. The monoisotopic (exact) mass is 256 g/mol. The minimum Gasteiger partial charge on any atom is -0.431 e. The summed E-state index contributed by atoms with van der Waals surface area (Å²) in [6, 6.07) is 0. The van der Waals surface area contributed by atoms with Gasteiger partial charge in [0, 0.05) is 0 Å². The van der Waals surface area contributed by atoms with E-state index in [9.17, 15) is 18.0 Å². The van der Waals surface area contributed by atoms with Crippen LogP contribution in [-0.4, -0.2) is 36.5 Å². The third-order valence-corrected chi connectivity index (χ3v) is 2.90. The van der Waals surface area contributed by atoms with E-state index >= 15 is 0 Å². The van der Waals surface area contributed by atoms with E-state index in [1.165, 1.54) is 11.8 Å². The molecule has 16 heavy (non-hydrogen) atoms. The SMILES string of the molecule is C=C(C(=O)OC1CSCCCO1)C(F)(F)F. The molecule has 0 amide bonds. The molecule has 7 heteroatoms. The molecule has 3 nitrogen and oxygen atoms in total. The lowest BCUT2D eigenvalue weighted by Crippen LogP contribution is -2.28. The molecule has 0 bridgehead atoms. The first-order chi connectivity index (χ1) is 7.41. The van der Waals surface area contributed by atoms with Crippen LogP contribution in [0.1, 0.15) is 6.42 Å². The maximum atomic E-state index is 12.1. The number of rotatable bonds is 2. The molecule has 0 aromatic carbocycles. The topological polar surface area (TPSA) is 35.5 Å². The number of carbonyl (C=O) groups is 1. The number of hydrogen-bond acceptors (Lipinski definition) is 4. The van der Waals surface area contributed by atoms with Crippen LogP contribution < -0.4 is 0 Å². The molecule has 0 spiro atoms. The van der Waals surface area contributed by atoms with Gasteiger partial charge in [-0.15, -0.1) is 0 Å². The Morgan fingerprint density at radius 2 is 2.19 bits per heavy atom. The Morgan fingerprint density at radius 3 is 2.81 bits per heavy atom. The zero-order chi connectivity index (χ0) is 12.2. The van der Waals surface area contributed by atoms with Gasteiger partial charge in [-0.2, -0.15) is 24.9 Å². The third-order valence-electron chi connectivity index (χ3n) is 1.82. The van der Waals surface area contributed by atoms with Crippen molar-refractivity contribution in [3.63, 3.8) is 0 Å². The molecule has 1 atom stereocenters. The first-order valence-corrected chi connectivity index (χ1v) is 5.73. The smallest absolute Gasteiger partial charge is 0.422 e. The van der Waals surface area contributed by atoms with E-state index in [0.717, 1.165) is 12.2 Å². The van der Waals surface area contributed by atoms with Gasteiger partial charge in [0.1, 0.15) is 5.57 Å². The van der Waals surface area contributed by atoms with Crippen LogP contribution in [0, 0.1) is 0 Å². The molecule has 1 aliphatic rings. The van der Waals surface area contributed by atoms with Crippen LogP contribution in [0.5, 0.6) is 0 Å². The van der Waals surface area contributed by atoms with Crippen molar-refractivity contribution in [1.29, 1.82) is 0 Å². The van der Waals surface area contributed by atoms with Gasteiger partial charge in [-0.3, -0.25) is 0 Å². The molecule has 1 unspecified atom stereocenters. The van der Waals surface area contributed by atoms with E-state index in [1.807, 2.05) is 0 Å². The number of esters is 1. The molecular weight excluding hydrogens is 245 g/mol. The lowest BCUT2D eigenvalue weighted by atomic mass is 10.3. The normalized spacial score (nSPS) is 22.3. The molecule has 0 aliphatic carbocycles. The Balaban J connectivity index is 2.47. The predicted octanol–water partition coefficient (Wildman–Crippen LogP) is 2.13. The van der Waals surface area contributed by atoms with Crippen LogP contribution in [0.3, 0.4) is 0 Å². The quantitative estimate of drug-likeness (QED) is 0.560. The van der Waals surface area contributed by atoms with E-state index < -0.39 is 24.0 Å². The molecule has 0 N–H and O–H groups in total. The van der Waals surface area contributed by atoms with Crippen molar-refractivity contribution in [2.24, 2.45) is 0 Å². The molecule has 1 aliphatic heterocycles. The zero-order valence-electron chi connectivity index (χ0n) is 8.38. The third kappa shape index (κ3) is 4.05. The number of ether oxygens (including phenoxy) is 2. The molecule has 0 aromatic heterocycles. The fourth-order valence-electron chi connectivity index (χ4n) is 0.978. The van der Waals surface area contributed by atoms with Gasteiger partial charge in [-0.05, 0) is 12.2 Å². The van der Waals surface area contributed by atoms with Gasteiger partial charge in [-0.25, -0.2) is 4.79 Å². The summed E-state index contributed by atoms with van der Waals surface area (Å²) in [5, 5.41) is 0. The Kier molecular flexibility index (Phi) is 4.67. The van der Waals surface area contributed by atoms with Crippen LogP contribution in [0.25, 0.3) is 0 Å². The first kappa shape index (κ1) is 13.4. The predicted molar refractivity (Wildman–Crippen MR) is 53.0 cm³/mol. The van der Waals surface area contributed by atoms with E-state index in [4.69, 9.17) is 4.74 Å². The number of alkyl halides is 3. The molecular formula is C9H11F3O3S. The molecule has 92 valence electrons.